The molecule has 2 aromatic rings. The van der Waals surface area contributed by atoms with Gasteiger partial charge >= 0.3 is 6.09 Å². The number of halogens is 1. The summed E-state index contributed by atoms with van der Waals surface area (Å²) >= 11 is 3.42. The Hall–Kier alpha value is -1.85. The smallest absolute Gasteiger partial charge is 0.410 e. The van der Waals surface area contributed by atoms with Crippen molar-refractivity contribution in [2.24, 2.45) is 0 Å². The highest BCUT2D eigenvalue weighted by Gasteiger charge is 2.24. The lowest BCUT2D eigenvalue weighted by Gasteiger charge is -2.29. The van der Waals surface area contributed by atoms with Crippen molar-refractivity contribution in [1.29, 1.82) is 0 Å². The van der Waals surface area contributed by atoms with Crippen LogP contribution in [0.4, 0.5) is 4.79 Å². The van der Waals surface area contributed by atoms with Crippen LogP contribution < -0.4 is 0 Å². The molecule has 0 aliphatic heterocycles. The van der Waals surface area contributed by atoms with Crippen LogP contribution in [0.5, 0.6) is 0 Å². The van der Waals surface area contributed by atoms with E-state index in [4.69, 9.17) is 4.74 Å². The Morgan fingerprint density at radius 1 is 1.12 bits per heavy atom. The third-order valence-corrected chi connectivity index (χ3v) is 4.34. The molecule has 2 aromatic carbocycles. The largest absolute Gasteiger partial charge is 0.444 e. The highest BCUT2D eigenvalue weighted by Crippen LogP contribution is 2.18. The first-order valence-electron chi connectivity index (χ1n) is 8.70. The lowest BCUT2D eigenvalue weighted by atomic mass is 10.1. The Balaban J connectivity index is 2.07. The normalized spacial score (nSPS) is 12.5. The van der Waals surface area contributed by atoms with Gasteiger partial charge in [-0.1, -0.05) is 58.4 Å². The fourth-order valence-corrected chi connectivity index (χ4v) is 2.75. The molecule has 140 valence electrons. The predicted molar refractivity (Wildman–Crippen MR) is 107 cm³/mol. The predicted octanol–water partition coefficient (Wildman–Crippen LogP) is 4.96. The minimum absolute atomic E-state index is 0.190. The molecule has 1 N–H and O–H groups in total. The van der Waals surface area contributed by atoms with E-state index >= 15 is 0 Å². The summed E-state index contributed by atoms with van der Waals surface area (Å²) in [5.74, 6) is 0. The second-order valence-corrected chi connectivity index (χ2v) is 8.14. The van der Waals surface area contributed by atoms with Crippen LogP contribution in [-0.2, 0) is 11.2 Å². The minimum Gasteiger partial charge on any atom is -0.444 e. The van der Waals surface area contributed by atoms with E-state index in [1.165, 1.54) is 0 Å². The van der Waals surface area contributed by atoms with E-state index < -0.39 is 17.8 Å². The van der Waals surface area contributed by atoms with Gasteiger partial charge in [-0.25, -0.2) is 4.79 Å². The summed E-state index contributed by atoms with van der Waals surface area (Å²) in [6.07, 6.45) is -0.480. The molecule has 0 saturated heterocycles. The van der Waals surface area contributed by atoms with Crippen LogP contribution >= 0.6 is 15.9 Å². The highest BCUT2D eigenvalue weighted by molar-refractivity contribution is 9.10. The number of aliphatic hydroxyl groups excluding tert-OH is 1. The molecular weight excluding hydrogens is 394 g/mol. The fraction of sp³-hybridized carbons (Fsp3) is 0.381. The van der Waals surface area contributed by atoms with Gasteiger partial charge in [0.15, 0.2) is 0 Å². The Morgan fingerprint density at radius 3 is 2.31 bits per heavy atom. The minimum atomic E-state index is -0.756. The number of hydrogen-bond donors (Lipinski definition) is 1. The van der Waals surface area contributed by atoms with Gasteiger partial charge in [0.05, 0.1) is 12.6 Å². The molecular formula is C21H26BrNO3. The number of carbonyl (C=O) groups is 1. The van der Waals surface area contributed by atoms with Gasteiger partial charge in [0.1, 0.15) is 5.60 Å². The number of carbonyl (C=O) groups excluding carboxylic acids is 1. The molecule has 1 amide bonds. The van der Waals surface area contributed by atoms with E-state index in [9.17, 15) is 9.90 Å². The summed E-state index contributed by atoms with van der Waals surface area (Å²) in [5.41, 5.74) is 1.32. The van der Waals surface area contributed by atoms with Crippen LogP contribution in [0, 0.1) is 0 Å². The van der Waals surface area contributed by atoms with E-state index in [1.54, 1.807) is 4.90 Å². The summed E-state index contributed by atoms with van der Waals surface area (Å²) < 4.78 is 6.53. The zero-order chi connectivity index (χ0) is 19.2. The number of rotatable bonds is 6. The van der Waals surface area contributed by atoms with Crippen LogP contribution in [-0.4, -0.2) is 34.8 Å². The van der Waals surface area contributed by atoms with Gasteiger partial charge in [0.25, 0.3) is 0 Å². The van der Waals surface area contributed by atoms with Crippen LogP contribution in [0.25, 0.3) is 0 Å². The molecule has 0 aliphatic rings. The van der Waals surface area contributed by atoms with Crippen LogP contribution in [0.2, 0.25) is 0 Å². The number of ether oxygens (including phenoxy) is 1. The van der Waals surface area contributed by atoms with Gasteiger partial charge in [-0.05, 0) is 50.5 Å². The number of hydrogen-bond acceptors (Lipinski definition) is 3. The molecule has 5 heteroatoms. The summed E-state index contributed by atoms with van der Waals surface area (Å²) in [4.78, 5) is 14.2. The molecule has 0 spiro atoms. The topological polar surface area (TPSA) is 49.8 Å². The Bertz CT molecular complexity index is 695. The SMILES string of the molecule is CC(C)(C)OC(=O)N(CCc1ccc(Br)cc1)C[C@H](O)c1ccccc1. The molecule has 4 nitrogen and oxygen atoms in total. The molecule has 0 unspecified atom stereocenters. The van der Waals surface area contributed by atoms with Gasteiger partial charge in [0, 0.05) is 11.0 Å². The van der Waals surface area contributed by atoms with Crippen molar-refractivity contribution >= 4 is 22.0 Å². The average molecular weight is 420 g/mol. The van der Waals surface area contributed by atoms with Gasteiger partial charge in [-0.2, -0.15) is 0 Å². The summed E-state index contributed by atoms with van der Waals surface area (Å²) in [5, 5.41) is 10.5. The van der Waals surface area contributed by atoms with E-state index in [2.05, 4.69) is 15.9 Å². The maximum absolute atomic E-state index is 12.6. The Labute approximate surface area is 163 Å². The summed E-state index contributed by atoms with van der Waals surface area (Å²) in [6.45, 7) is 6.18. The van der Waals surface area contributed by atoms with Gasteiger partial charge in [-0.15, -0.1) is 0 Å². The maximum Gasteiger partial charge on any atom is 0.410 e. The number of amides is 1. The second-order valence-electron chi connectivity index (χ2n) is 7.23. The van der Waals surface area contributed by atoms with Crippen molar-refractivity contribution < 1.29 is 14.6 Å². The third-order valence-electron chi connectivity index (χ3n) is 3.81. The molecule has 1 atom stereocenters. The van der Waals surface area contributed by atoms with Crippen LogP contribution in [0.15, 0.2) is 59.1 Å². The van der Waals surface area contributed by atoms with Gasteiger partial charge in [0.2, 0.25) is 0 Å². The zero-order valence-corrected chi connectivity index (χ0v) is 17.1. The van der Waals surface area contributed by atoms with Crippen molar-refractivity contribution in [1.82, 2.24) is 4.90 Å². The van der Waals surface area contributed by atoms with Crippen LogP contribution in [0.3, 0.4) is 0 Å². The Kier molecular flexibility index (Phi) is 7.23. The van der Waals surface area contributed by atoms with Gasteiger partial charge in [-0.3, -0.25) is 0 Å². The quantitative estimate of drug-likeness (QED) is 0.719. The lowest BCUT2D eigenvalue weighted by molar-refractivity contribution is 0.0147. The monoisotopic (exact) mass is 419 g/mol. The van der Waals surface area contributed by atoms with Crippen molar-refractivity contribution in [2.75, 3.05) is 13.1 Å². The molecule has 0 saturated carbocycles. The third kappa shape index (κ3) is 6.81. The maximum atomic E-state index is 12.6. The first-order valence-corrected chi connectivity index (χ1v) is 9.49. The van der Waals surface area contributed by atoms with Crippen molar-refractivity contribution in [3.8, 4) is 0 Å². The van der Waals surface area contributed by atoms with Crippen LogP contribution in [0.1, 0.15) is 38.0 Å². The van der Waals surface area contributed by atoms with E-state index in [1.807, 2.05) is 75.4 Å². The standard InChI is InChI=1S/C21H26BrNO3/c1-21(2,3)26-20(25)23(14-13-16-9-11-18(22)12-10-16)15-19(24)17-7-5-4-6-8-17/h4-12,19,24H,13-15H2,1-3H3/t19-/m0/s1. The molecule has 0 heterocycles. The number of aliphatic hydroxyl groups is 1. The molecule has 0 radical (unpaired) electrons. The number of benzene rings is 2. The average Bonchev–Trinajstić information content (AvgIpc) is 2.59. The lowest BCUT2D eigenvalue weighted by Crippen LogP contribution is -2.40. The first-order chi connectivity index (χ1) is 12.2. The molecule has 0 bridgehead atoms. The van der Waals surface area contributed by atoms with Crippen molar-refractivity contribution in [3.05, 3.63) is 70.2 Å². The molecule has 26 heavy (non-hydrogen) atoms. The highest BCUT2D eigenvalue weighted by atomic mass is 79.9. The molecule has 0 aromatic heterocycles. The molecule has 0 fully saturated rings. The van der Waals surface area contributed by atoms with Gasteiger partial charge < -0.3 is 14.7 Å². The number of nitrogens with zero attached hydrogens (tertiary/aromatic N) is 1. The van der Waals surface area contributed by atoms with E-state index in [0.29, 0.717) is 13.0 Å². The van der Waals surface area contributed by atoms with E-state index in [-0.39, 0.29) is 6.54 Å². The van der Waals surface area contributed by atoms with Crippen molar-refractivity contribution in [3.63, 3.8) is 0 Å². The second kappa shape index (κ2) is 9.19. The molecule has 0 aliphatic carbocycles. The Morgan fingerprint density at radius 2 is 1.73 bits per heavy atom. The summed E-state index contributed by atoms with van der Waals surface area (Å²) in [6, 6.07) is 17.3. The zero-order valence-electron chi connectivity index (χ0n) is 15.5. The van der Waals surface area contributed by atoms with E-state index in [0.717, 1.165) is 15.6 Å². The van der Waals surface area contributed by atoms with Crippen molar-refractivity contribution in [2.45, 2.75) is 38.9 Å². The summed E-state index contributed by atoms with van der Waals surface area (Å²) in [7, 11) is 0. The molecule has 2 rings (SSSR count). The fourth-order valence-electron chi connectivity index (χ4n) is 2.49. The first kappa shape index (κ1) is 20.5.